The summed E-state index contributed by atoms with van der Waals surface area (Å²) in [6.07, 6.45) is 4.22. The molecule has 4 rings (SSSR count). The average molecular weight is 548 g/mol. The van der Waals surface area contributed by atoms with Gasteiger partial charge in [-0.15, -0.1) is 12.4 Å². The number of carbonyl (C=O) groups is 1. The van der Waals surface area contributed by atoms with Gasteiger partial charge in [0.2, 0.25) is 0 Å². The summed E-state index contributed by atoms with van der Waals surface area (Å²) in [5.41, 5.74) is 1.63. The fraction of sp³-hybridized carbons (Fsp3) is 0.407. The normalized spacial score (nSPS) is 13.9. The van der Waals surface area contributed by atoms with Crippen LogP contribution in [0.3, 0.4) is 0 Å². The Labute approximate surface area is 228 Å². The number of para-hydroxylation sites is 1. The second-order valence-electron chi connectivity index (χ2n) is 8.28. The molecule has 2 aromatic carbocycles. The quantitative estimate of drug-likeness (QED) is 0.316. The van der Waals surface area contributed by atoms with Gasteiger partial charge in [-0.25, -0.2) is 4.98 Å². The minimum absolute atomic E-state index is 0. The summed E-state index contributed by atoms with van der Waals surface area (Å²) >= 11 is 1.50. The van der Waals surface area contributed by atoms with Crippen LogP contribution in [0, 0.1) is 0 Å². The Morgan fingerprint density at radius 1 is 1.14 bits per heavy atom. The van der Waals surface area contributed by atoms with Gasteiger partial charge in [-0.05, 0) is 49.2 Å². The summed E-state index contributed by atoms with van der Waals surface area (Å²) in [5, 5.41) is 0.668. The Bertz CT molecular complexity index is 1200. The van der Waals surface area contributed by atoms with Crippen molar-refractivity contribution in [3.05, 3.63) is 48.0 Å². The molecule has 0 bridgehead atoms. The fourth-order valence-corrected chi connectivity index (χ4v) is 5.10. The van der Waals surface area contributed by atoms with Crippen LogP contribution in [0.4, 0.5) is 5.13 Å². The van der Waals surface area contributed by atoms with Gasteiger partial charge in [0.15, 0.2) is 16.6 Å². The Hall–Kier alpha value is -2.85. The van der Waals surface area contributed by atoms with E-state index in [1.807, 2.05) is 43.3 Å². The Morgan fingerprint density at radius 3 is 2.65 bits per heavy atom. The van der Waals surface area contributed by atoms with Crippen LogP contribution >= 0.6 is 23.7 Å². The van der Waals surface area contributed by atoms with E-state index >= 15 is 0 Å². The molecule has 1 amide bonds. The highest BCUT2D eigenvalue weighted by Crippen LogP contribution is 2.34. The molecular weight excluding hydrogens is 514 g/mol. The number of aromatic nitrogens is 1. The third kappa shape index (κ3) is 7.35. The van der Waals surface area contributed by atoms with Gasteiger partial charge in [-0.3, -0.25) is 14.6 Å². The van der Waals surface area contributed by atoms with Crippen molar-refractivity contribution < 1.29 is 23.7 Å². The highest BCUT2D eigenvalue weighted by Gasteiger charge is 2.20. The van der Waals surface area contributed by atoms with E-state index in [4.69, 9.17) is 23.9 Å². The zero-order valence-electron chi connectivity index (χ0n) is 21.5. The number of ether oxygens (including phenoxy) is 4. The maximum atomic E-state index is 13.4. The standard InChI is InChI=1S/C27H33N3O5S.ClH/c1-4-35-22-7-5-8-24-26(22)28-27(36-24)30(14-6-13-29-15-17-34-18-16-29)25(31)12-10-20-9-11-21(32-2)23(19-20)33-3;/h5,7-12,19H,4,6,13-18H2,1-3H3;1H/b12-10+;. The van der Waals surface area contributed by atoms with Crippen LogP contribution in [0.2, 0.25) is 0 Å². The van der Waals surface area contributed by atoms with E-state index < -0.39 is 0 Å². The molecule has 0 aliphatic carbocycles. The molecule has 200 valence electrons. The molecule has 10 heteroatoms. The van der Waals surface area contributed by atoms with Crippen LogP contribution < -0.4 is 19.1 Å². The summed E-state index contributed by atoms with van der Waals surface area (Å²) in [7, 11) is 3.19. The zero-order valence-corrected chi connectivity index (χ0v) is 23.1. The van der Waals surface area contributed by atoms with Crippen molar-refractivity contribution in [2.45, 2.75) is 13.3 Å². The second kappa shape index (κ2) is 14.2. The van der Waals surface area contributed by atoms with Crippen molar-refractivity contribution in [3.63, 3.8) is 0 Å². The van der Waals surface area contributed by atoms with Crippen LogP contribution in [0.5, 0.6) is 17.2 Å². The van der Waals surface area contributed by atoms with E-state index in [1.54, 1.807) is 31.3 Å². The van der Waals surface area contributed by atoms with Gasteiger partial charge in [0.1, 0.15) is 11.3 Å². The average Bonchev–Trinajstić information content (AvgIpc) is 3.35. The van der Waals surface area contributed by atoms with Crippen LogP contribution in [-0.2, 0) is 9.53 Å². The first-order valence-electron chi connectivity index (χ1n) is 12.2. The lowest BCUT2D eigenvalue weighted by molar-refractivity contribution is -0.114. The van der Waals surface area contributed by atoms with E-state index in [-0.39, 0.29) is 18.3 Å². The maximum absolute atomic E-state index is 13.4. The van der Waals surface area contributed by atoms with Crippen molar-refractivity contribution >= 4 is 51.1 Å². The number of amides is 1. The summed E-state index contributed by atoms with van der Waals surface area (Å²) in [5.74, 6) is 1.87. The van der Waals surface area contributed by atoms with Crippen molar-refractivity contribution in [2.24, 2.45) is 0 Å². The summed E-state index contributed by atoms with van der Waals surface area (Å²) in [6.45, 7) is 7.34. The van der Waals surface area contributed by atoms with Gasteiger partial charge in [-0.2, -0.15) is 0 Å². The van der Waals surface area contributed by atoms with E-state index in [9.17, 15) is 4.79 Å². The molecule has 2 heterocycles. The highest BCUT2D eigenvalue weighted by atomic mass is 35.5. The lowest BCUT2D eigenvalue weighted by Crippen LogP contribution is -2.39. The van der Waals surface area contributed by atoms with Crippen LogP contribution in [0.15, 0.2) is 42.5 Å². The van der Waals surface area contributed by atoms with Crippen LogP contribution in [0.1, 0.15) is 18.9 Å². The largest absolute Gasteiger partial charge is 0.493 e. The van der Waals surface area contributed by atoms with Gasteiger partial charge in [0, 0.05) is 32.3 Å². The molecule has 0 spiro atoms. The number of methoxy groups -OCH3 is 2. The highest BCUT2D eigenvalue weighted by molar-refractivity contribution is 7.22. The number of hydrogen-bond donors (Lipinski definition) is 0. The Kier molecular flexibility index (Phi) is 11.0. The lowest BCUT2D eigenvalue weighted by Gasteiger charge is -2.27. The molecule has 1 saturated heterocycles. The molecule has 0 atom stereocenters. The van der Waals surface area contributed by atoms with Crippen LogP contribution in [0.25, 0.3) is 16.3 Å². The molecule has 1 aliphatic rings. The van der Waals surface area contributed by atoms with Crippen molar-refractivity contribution in [1.29, 1.82) is 0 Å². The topological polar surface area (TPSA) is 73.4 Å². The van der Waals surface area contributed by atoms with E-state index in [0.29, 0.717) is 29.8 Å². The lowest BCUT2D eigenvalue weighted by atomic mass is 10.2. The molecule has 37 heavy (non-hydrogen) atoms. The fourth-order valence-electron chi connectivity index (χ4n) is 4.09. The molecule has 3 aromatic rings. The van der Waals surface area contributed by atoms with Gasteiger partial charge in [-0.1, -0.05) is 23.5 Å². The molecule has 1 aromatic heterocycles. The predicted molar refractivity (Wildman–Crippen MR) is 151 cm³/mol. The third-order valence-corrected chi connectivity index (χ3v) is 7.00. The second-order valence-corrected chi connectivity index (χ2v) is 9.29. The molecule has 0 radical (unpaired) electrons. The predicted octanol–water partition coefficient (Wildman–Crippen LogP) is 4.90. The molecule has 0 unspecified atom stereocenters. The number of fused-ring (bicyclic) bond motifs is 1. The smallest absolute Gasteiger partial charge is 0.252 e. The number of morpholine rings is 1. The molecule has 1 aliphatic heterocycles. The van der Waals surface area contributed by atoms with Crippen molar-refractivity contribution in [1.82, 2.24) is 9.88 Å². The molecule has 0 saturated carbocycles. The minimum atomic E-state index is -0.122. The number of anilines is 1. The van der Waals surface area contributed by atoms with E-state index in [0.717, 1.165) is 60.8 Å². The monoisotopic (exact) mass is 547 g/mol. The SMILES string of the molecule is CCOc1cccc2sc(N(CCCN3CCOCC3)C(=O)/C=C/c3ccc(OC)c(OC)c3)nc12.Cl. The van der Waals surface area contributed by atoms with Gasteiger partial charge < -0.3 is 18.9 Å². The zero-order chi connectivity index (χ0) is 25.3. The third-order valence-electron chi connectivity index (χ3n) is 5.95. The maximum Gasteiger partial charge on any atom is 0.252 e. The molecular formula is C27H34ClN3O5S. The van der Waals surface area contributed by atoms with Crippen molar-refractivity contribution in [2.75, 3.05) is 65.1 Å². The number of nitrogens with zero attached hydrogens (tertiary/aromatic N) is 3. The van der Waals surface area contributed by atoms with Crippen molar-refractivity contribution in [3.8, 4) is 17.2 Å². The number of thiazole rings is 1. The number of benzene rings is 2. The summed E-state index contributed by atoms with van der Waals surface area (Å²) in [4.78, 5) is 22.4. The Morgan fingerprint density at radius 2 is 1.92 bits per heavy atom. The Balaban J connectivity index is 0.00000380. The number of rotatable bonds is 11. The minimum Gasteiger partial charge on any atom is -0.493 e. The summed E-state index contributed by atoms with van der Waals surface area (Å²) < 4.78 is 22.9. The van der Waals surface area contributed by atoms with Gasteiger partial charge >= 0.3 is 0 Å². The van der Waals surface area contributed by atoms with Crippen LogP contribution in [-0.4, -0.2) is 76.0 Å². The molecule has 1 fully saturated rings. The van der Waals surface area contributed by atoms with E-state index in [2.05, 4.69) is 4.90 Å². The first-order chi connectivity index (χ1) is 17.6. The van der Waals surface area contributed by atoms with E-state index in [1.165, 1.54) is 11.3 Å². The first-order valence-corrected chi connectivity index (χ1v) is 13.0. The number of halogens is 1. The number of carbonyl (C=O) groups excluding carboxylic acids is 1. The first kappa shape index (κ1) is 28.7. The summed E-state index contributed by atoms with van der Waals surface area (Å²) in [6, 6.07) is 11.4. The number of hydrogen-bond acceptors (Lipinski definition) is 8. The van der Waals surface area contributed by atoms with Gasteiger partial charge in [0.25, 0.3) is 5.91 Å². The van der Waals surface area contributed by atoms with Gasteiger partial charge in [0.05, 0.1) is 38.7 Å². The molecule has 0 N–H and O–H groups in total. The molecule has 8 nitrogen and oxygen atoms in total.